The summed E-state index contributed by atoms with van der Waals surface area (Å²) in [6.07, 6.45) is 0. The first-order valence-corrected chi connectivity index (χ1v) is 9.57. The van der Waals surface area contributed by atoms with Crippen LogP contribution in [0.1, 0.15) is 17.3 Å². The fourth-order valence-corrected chi connectivity index (χ4v) is 3.66. The van der Waals surface area contributed by atoms with E-state index < -0.39 is 10.8 Å². The minimum atomic E-state index is -0.581. The van der Waals surface area contributed by atoms with Crippen molar-refractivity contribution in [1.29, 1.82) is 0 Å². The van der Waals surface area contributed by atoms with Gasteiger partial charge in [0.2, 0.25) is 5.91 Å². The van der Waals surface area contributed by atoms with Crippen LogP contribution < -0.4 is 10.2 Å². The number of halogens is 2. The molecule has 1 N–H and O–H groups in total. The number of nitrogens with zero attached hydrogens (tertiary/aromatic N) is 3. The van der Waals surface area contributed by atoms with Crippen LogP contribution in [-0.2, 0) is 4.79 Å². The molecule has 1 heterocycles. The van der Waals surface area contributed by atoms with Gasteiger partial charge in [-0.3, -0.25) is 19.7 Å². The molecule has 2 amide bonds. The highest BCUT2D eigenvalue weighted by atomic mass is 35.5. The maximum Gasteiger partial charge on any atom is 0.270 e. The third-order valence-corrected chi connectivity index (χ3v) is 5.29. The average Bonchev–Trinajstić information content (AvgIpc) is 2.68. The number of piperazine rings is 1. The Kier molecular flexibility index (Phi) is 6.24. The van der Waals surface area contributed by atoms with Crippen LogP contribution in [0.2, 0.25) is 10.0 Å². The standard InChI is InChI=1S/C19H18Cl2N4O4/c1-12(26)23-6-8-24(9-7-23)18-5-2-13(10-17(18)21)22-19(27)15-4-3-14(25(28)29)11-16(15)20/h2-5,10-11H,6-9H2,1H3,(H,22,27). The second-order valence-electron chi connectivity index (χ2n) is 6.53. The van der Waals surface area contributed by atoms with E-state index in [0.29, 0.717) is 36.9 Å². The number of amides is 2. The van der Waals surface area contributed by atoms with Crippen LogP contribution in [0.4, 0.5) is 17.1 Å². The van der Waals surface area contributed by atoms with Gasteiger partial charge in [0.15, 0.2) is 0 Å². The molecule has 0 atom stereocenters. The van der Waals surface area contributed by atoms with Gasteiger partial charge in [0.1, 0.15) is 0 Å². The fourth-order valence-electron chi connectivity index (χ4n) is 3.10. The van der Waals surface area contributed by atoms with Gasteiger partial charge in [-0.15, -0.1) is 0 Å². The number of benzene rings is 2. The van der Waals surface area contributed by atoms with Crippen molar-refractivity contribution >= 4 is 52.1 Å². The summed E-state index contributed by atoms with van der Waals surface area (Å²) >= 11 is 12.4. The molecule has 0 radical (unpaired) electrons. The van der Waals surface area contributed by atoms with E-state index in [9.17, 15) is 19.7 Å². The van der Waals surface area contributed by atoms with Crippen molar-refractivity contribution in [3.05, 3.63) is 62.1 Å². The van der Waals surface area contributed by atoms with Gasteiger partial charge in [0.25, 0.3) is 11.6 Å². The van der Waals surface area contributed by atoms with Gasteiger partial charge < -0.3 is 15.1 Å². The van der Waals surface area contributed by atoms with E-state index in [2.05, 4.69) is 10.2 Å². The minimum Gasteiger partial charge on any atom is -0.367 e. The Labute approximate surface area is 177 Å². The van der Waals surface area contributed by atoms with Gasteiger partial charge in [-0.1, -0.05) is 23.2 Å². The number of nitrogens with one attached hydrogen (secondary N) is 1. The van der Waals surface area contributed by atoms with Gasteiger partial charge in [0.05, 0.1) is 26.2 Å². The molecule has 0 bridgehead atoms. The first kappa shape index (κ1) is 20.9. The van der Waals surface area contributed by atoms with Crippen molar-refractivity contribution in [3.63, 3.8) is 0 Å². The zero-order valence-electron chi connectivity index (χ0n) is 15.5. The highest BCUT2D eigenvalue weighted by Crippen LogP contribution is 2.30. The molecule has 0 unspecified atom stereocenters. The summed E-state index contributed by atoms with van der Waals surface area (Å²) in [5, 5.41) is 13.9. The minimum absolute atomic E-state index is 0.0113. The van der Waals surface area contributed by atoms with Crippen molar-refractivity contribution in [2.75, 3.05) is 36.4 Å². The Morgan fingerprint density at radius 2 is 1.72 bits per heavy atom. The second kappa shape index (κ2) is 8.67. The molecule has 29 heavy (non-hydrogen) atoms. The molecule has 10 heteroatoms. The molecule has 2 aromatic carbocycles. The van der Waals surface area contributed by atoms with Crippen LogP contribution in [0.25, 0.3) is 0 Å². The Bertz CT molecular complexity index is 975. The van der Waals surface area contributed by atoms with Crippen LogP contribution in [0.15, 0.2) is 36.4 Å². The molecule has 2 aromatic rings. The summed E-state index contributed by atoms with van der Waals surface area (Å²) in [5.74, 6) is -0.442. The number of nitro groups is 1. The highest BCUT2D eigenvalue weighted by Gasteiger charge is 2.21. The topological polar surface area (TPSA) is 95.8 Å². The van der Waals surface area contributed by atoms with Gasteiger partial charge in [-0.25, -0.2) is 0 Å². The lowest BCUT2D eigenvalue weighted by atomic mass is 10.1. The van der Waals surface area contributed by atoms with Crippen molar-refractivity contribution in [2.24, 2.45) is 0 Å². The Hall–Kier alpha value is -2.84. The van der Waals surface area contributed by atoms with Crippen LogP contribution in [0.3, 0.4) is 0 Å². The van der Waals surface area contributed by atoms with Crippen LogP contribution in [0, 0.1) is 10.1 Å². The monoisotopic (exact) mass is 436 g/mol. The van der Waals surface area contributed by atoms with Crippen molar-refractivity contribution < 1.29 is 14.5 Å². The van der Waals surface area contributed by atoms with Gasteiger partial charge in [0, 0.05) is 50.9 Å². The van der Waals surface area contributed by atoms with Gasteiger partial charge in [-0.2, -0.15) is 0 Å². The largest absolute Gasteiger partial charge is 0.367 e. The summed E-state index contributed by atoms with van der Waals surface area (Å²) in [6, 6.07) is 8.81. The van der Waals surface area contributed by atoms with E-state index >= 15 is 0 Å². The van der Waals surface area contributed by atoms with Crippen molar-refractivity contribution in [3.8, 4) is 0 Å². The average molecular weight is 437 g/mol. The van der Waals surface area contributed by atoms with Crippen molar-refractivity contribution in [1.82, 2.24) is 4.90 Å². The van der Waals surface area contributed by atoms with Crippen LogP contribution >= 0.6 is 23.2 Å². The Morgan fingerprint density at radius 3 is 2.28 bits per heavy atom. The summed E-state index contributed by atoms with van der Waals surface area (Å²) in [4.78, 5) is 38.0. The lowest BCUT2D eigenvalue weighted by molar-refractivity contribution is -0.384. The van der Waals surface area contributed by atoms with E-state index in [1.807, 2.05) is 0 Å². The number of nitro benzene ring substituents is 1. The van der Waals surface area contributed by atoms with E-state index in [1.165, 1.54) is 12.1 Å². The Balaban J connectivity index is 1.70. The third kappa shape index (κ3) is 4.78. The number of hydrogen-bond donors (Lipinski definition) is 1. The number of rotatable bonds is 4. The number of non-ortho nitro benzene ring substituents is 1. The molecular formula is C19H18Cl2N4O4. The normalized spacial score (nSPS) is 13.9. The third-order valence-electron chi connectivity index (χ3n) is 4.68. The predicted molar refractivity (Wildman–Crippen MR) is 112 cm³/mol. The lowest BCUT2D eigenvalue weighted by Gasteiger charge is -2.36. The molecule has 8 nitrogen and oxygen atoms in total. The number of carbonyl (C=O) groups excluding carboxylic acids is 2. The molecule has 0 aliphatic carbocycles. The number of anilines is 2. The molecule has 0 spiro atoms. The first-order valence-electron chi connectivity index (χ1n) is 8.81. The molecule has 1 aliphatic heterocycles. The smallest absolute Gasteiger partial charge is 0.270 e. The summed E-state index contributed by atoms with van der Waals surface area (Å²) in [7, 11) is 0. The SMILES string of the molecule is CC(=O)N1CCN(c2ccc(NC(=O)c3ccc([N+](=O)[O-])cc3Cl)cc2Cl)CC1. The molecule has 0 saturated carbocycles. The van der Waals surface area contributed by atoms with E-state index in [0.717, 1.165) is 11.8 Å². The van der Waals surface area contributed by atoms with Gasteiger partial charge >= 0.3 is 0 Å². The first-order chi connectivity index (χ1) is 13.8. The van der Waals surface area contributed by atoms with E-state index in [4.69, 9.17) is 23.2 Å². The quantitative estimate of drug-likeness (QED) is 0.580. The Morgan fingerprint density at radius 1 is 1.03 bits per heavy atom. The number of carbonyl (C=O) groups is 2. The summed E-state index contributed by atoms with van der Waals surface area (Å²) in [5.41, 5.74) is 1.23. The van der Waals surface area contributed by atoms with E-state index in [-0.39, 0.29) is 22.2 Å². The van der Waals surface area contributed by atoms with Gasteiger partial charge in [-0.05, 0) is 24.3 Å². The molecule has 152 valence electrons. The molecular weight excluding hydrogens is 419 g/mol. The van der Waals surface area contributed by atoms with Crippen LogP contribution in [0.5, 0.6) is 0 Å². The summed E-state index contributed by atoms with van der Waals surface area (Å²) < 4.78 is 0. The summed E-state index contributed by atoms with van der Waals surface area (Å²) in [6.45, 7) is 4.15. The number of hydrogen-bond acceptors (Lipinski definition) is 5. The second-order valence-corrected chi connectivity index (χ2v) is 7.35. The fraction of sp³-hybridized carbons (Fsp3) is 0.263. The molecule has 3 rings (SSSR count). The predicted octanol–water partition coefficient (Wildman–Crippen LogP) is 3.82. The maximum atomic E-state index is 12.5. The molecule has 1 fully saturated rings. The zero-order valence-corrected chi connectivity index (χ0v) is 17.0. The highest BCUT2D eigenvalue weighted by molar-refractivity contribution is 6.35. The maximum absolute atomic E-state index is 12.5. The molecule has 1 aliphatic rings. The van der Waals surface area contributed by atoms with Crippen molar-refractivity contribution in [2.45, 2.75) is 6.92 Å². The van der Waals surface area contributed by atoms with E-state index in [1.54, 1.807) is 30.0 Å². The van der Waals surface area contributed by atoms with Crippen LogP contribution in [-0.4, -0.2) is 47.8 Å². The lowest BCUT2D eigenvalue weighted by Crippen LogP contribution is -2.48. The molecule has 0 aromatic heterocycles. The zero-order chi connectivity index (χ0) is 21.1. The molecule has 1 saturated heterocycles.